The molecular weight excluding hydrogens is 282 g/mol. The predicted molar refractivity (Wildman–Crippen MR) is 85.1 cm³/mol. The average Bonchev–Trinajstić information content (AvgIpc) is 2.46. The maximum Gasteiger partial charge on any atom is 0.124 e. The van der Waals surface area contributed by atoms with Crippen molar-refractivity contribution < 1.29 is 19.3 Å². The number of β-amino-alcohol motifs (C(OH)–C–C–N with tert-alkyl or cyclic N) is 1. The summed E-state index contributed by atoms with van der Waals surface area (Å²) in [5.74, 6) is 0.813. The molecule has 5 heteroatoms. The summed E-state index contributed by atoms with van der Waals surface area (Å²) < 4.78 is 16.6. The molecule has 1 aromatic carbocycles. The Morgan fingerprint density at radius 3 is 2.64 bits per heavy atom. The first-order valence-electron chi connectivity index (χ1n) is 7.84. The smallest absolute Gasteiger partial charge is 0.124 e. The molecule has 0 bridgehead atoms. The molecule has 2 rings (SSSR count). The summed E-state index contributed by atoms with van der Waals surface area (Å²) in [4.78, 5) is 2.23. The standard InChI is InChI=1S/C17H27NO4/c1-13-8-18(9-14(2)22-13)10-16(19)12-21-11-15-6-4-5-7-17(15)20-3/h4-7,13-14,16,19H,8-12H2,1-3H3/t13-,14+,16-/m1/s1. The molecule has 22 heavy (non-hydrogen) atoms. The molecule has 1 N–H and O–H groups in total. The number of rotatable bonds is 7. The monoisotopic (exact) mass is 309 g/mol. The fourth-order valence-electron chi connectivity index (χ4n) is 2.91. The second-order valence-electron chi connectivity index (χ2n) is 5.96. The van der Waals surface area contributed by atoms with Crippen LogP contribution in [0.1, 0.15) is 19.4 Å². The van der Waals surface area contributed by atoms with Crippen molar-refractivity contribution in [1.29, 1.82) is 0 Å². The van der Waals surface area contributed by atoms with Crippen LogP contribution in [0.3, 0.4) is 0 Å². The maximum absolute atomic E-state index is 10.1. The van der Waals surface area contributed by atoms with Gasteiger partial charge in [0, 0.05) is 25.2 Å². The Balaban J connectivity index is 1.72. The number of para-hydroxylation sites is 1. The highest BCUT2D eigenvalue weighted by Crippen LogP contribution is 2.18. The van der Waals surface area contributed by atoms with E-state index in [4.69, 9.17) is 14.2 Å². The lowest BCUT2D eigenvalue weighted by Crippen LogP contribution is -2.48. The second kappa shape index (κ2) is 8.48. The van der Waals surface area contributed by atoms with Crippen molar-refractivity contribution in [2.45, 2.75) is 38.8 Å². The normalized spacial score (nSPS) is 24.2. The number of aliphatic hydroxyl groups is 1. The lowest BCUT2D eigenvalue weighted by Gasteiger charge is -2.36. The van der Waals surface area contributed by atoms with Crippen LogP contribution in [-0.4, -0.2) is 61.7 Å². The predicted octanol–water partition coefficient (Wildman–Crippen LogP) is 1.68. The largest absolute Gasteiger partial charge is 0.496 e. The van der Waals surface area contributed by atoms with E-state index in [1.165, 1.54) is 0 Å². The summed E-state index contributed by atoms with van der Waals surface area (Å²) in [6, 6.07) is 7.76. The first-order valence-corrected chi connectivity index (χ1v) is 7.84. The minimum atomic E-state index is -0.493. The van der Waals surface area contributed by atoms with E-state index in [0.29, 0.717) is 19.8 Å². The van der Waals surface area contributed by atoms with Crippen LogP contribution in [0.25, 0.3) is 0 Å². The van der Waals surface area contributed by atoms with Crippen molar-refractivity contribution in [2.75, 3.05) is 33.4 Å². The molecule has 1 heterocycles. The number of nitrogens with zero attached hydrogens (tertiary/aromatic N) is 1. The van der Waals surface area contributed by atoms with Gasteiger partial charge in [-0.2, -0.15) is 0 Å². The molecule has 0 unspecified atom stereocenters. The Kier molecular flexibility index (Phi) is 6.64. The topological polar surface area (TPSA) is 51.2 Å². The lowest BCUT2D eigenvalue weighted by molar-refractivity contribution is -0.0826. The molecule has 1 saturated heterocycles. The number of hydrogen-bond acceptors (Lipinski definition) is 5. The van der Waals surface area contributed by atoms with Crippen LogP contribution in [0.4, 0.5) is 0 Å². The molecule has 1 fully saturated rings. The summed E-state index contributed by atoms with van der Waals surface area (Å²) in [7, 11) is 1.65. The lowest BCUT2D eigenvalue weighted by atomic mass is 10.2. The molecule has 3 atom stereocenters. The molecule has 0 aliphatic carbocycles. The van der Waals surface area contributed by atoms with Gasteiger partial charge in [0.15, 0.2) is 0 Å². The van der Waals surface area contributed by atoms with Gasteiger partial charge in [0.25, 0.3) is 0 Å². The maximum atomic E-state index is 10.1. The fourth-order valence-corrected chi connectivity index (χ4v) is 2.91. The van der Waals surface area contributed by atoms with Crippen LogP contribution in [0, 0.1) is 0 Å². The number of methoxy groups -OCH3 is 1. The van der Waals surface area contributed by atoms with Crippen LogP contribution < -0.4 is 4.74 Å². The van der Waals surface area contributed by atoms with Crippen molar-refractivity contribution in [3.63, 3.8) is 0 Å². The Hall–Kier alpha value is -1.14. The van der Waals surface area contributed by atoms with E-state index in [1.807, 2.05) is 24.3 Å². The molecule has 5 nitrogen and oxygen atoms in total. The van der Waals surface area contributed by atoms with Crippen LogP contribution in [0.2, 0.25) is 0 Å². The van der Waals surface area contributed by atoms with Crippen molar-refractivity contribution in [1.82, 2.24) is 4.90 Å². The van der Waals surface area contributed by atoms with Crippen molar-refractivity contribution in [3.8, 4) is 5.75 Å². The number of aliphatic hydroxyl groups excluding tert-OH is 1. The van der Waals surface area contributed by atoms with Crippen LogP contribution in [0.15, 0.2) is 24.3 Å². The Labute approximate surface area is 132 Å². The minimum absolute atomic E-state index is 0.213. The molecule has 1 aromatic rings. The molecule has 1 aliphatic rings. The zero-order valence-electron chi connectivity index (χ0n) is 13.7. The molecule has 124 valence electrons. The highest BCUT2D eigenvalue weighted by molar-refractivity contribution is 5.32. The summed E-state index contributed by atoms with van der Waals surface area (Å²) in [5.41, 5.74) is 0.991. The number of hydrogen-bond donors (Lipinski definition) is 1. The van der Waals surface area contributed by atoms with Gasteiger partial charge in [-0.3, -0.25) is 4.90 Å². The highest BCUT2D eigenvalue weighted by Gasteiger charge is 2.23. The summed E-state index contributed by atoms with van der Waals surface area (Å²) in [6.45, 7) is 7.21. The highest BCUT2D eigenvalue weighted by atomic mass is 16.5. The molecular formula is C17H27NO4. The zero-order valence-corrected chi connectivity index (χ0v) is 13.7. The SMILES string of the molecule is COc1ccccc1COC[C@H](O)CN1C[C@@H](C)O[C@@H](C)C1. The third-order valence-electron chi connectivity index (χ3n) is 3.72. The van der Waals surface area contributed by atoms with Crippen LogP contribution in [-0.2, 0) is 16.1 Å². The zero-order chi connectivity index (χ0) is 15.9. The Morgan fingerprint density at radius 1 is 1.27 bits per heavy atom. The van der Waals surface area contributed by atoms with Crippen molar-refractivity contribution in [2.24, 2.45) is 0 Å². The van der Waals surface area contributed by atoms with Gasteiger partial charge in [0.2, 0.25) is 0 Å². The quantitative estimate of drug-likeness (QED) is 0.830. The second-order valence-corrected chi connectivity index (χ2v) is 5.96. The van der Waals surface area contributed by atoms with Crippen LogP contribution >= 0.6 is 0 Å². The first kappa shape index (κ1) is 17.2. The van der Waals surface area contributed by atoms with E-state index in [1.54, 1.807) is 7.11 Å². The van der Waals surface area contributed by atoms with Crippen molar-refractivity contribution in [3.05, 3.63) is 29.8 Å². The van der Waals surface area contributed by atoms with Gasteiger partial charge in [0.1, 0.15) is 5.75 Å². The number of ether oxygens (including phenoxy) is 3. The summed E-state index contributed by atoms with van der Waals surface area (Å²) >= 11 is 0. The average molecular weight is 309 g/mol. The molecule has 0 aromatic heterocycles. The van der Waals surface area contributed by atoms with E-state index in [2.05, 4.69) is 18.7 Å². The van der Waals surface area contributed by atoms with Gasteiger partial charge in [-0.05, 0) is 19.9 Å². The number of benzene rings is 1. The van der Waals surface area contributed by atoms with E-state index >= 15 is 0 Å². The van der Waals surface area contributed by atoms with E-state index in [-0.39, 0.29) is 12.2 Å². The first-order chi connectivity index (χ1) is 10.6. The third-order valence-corrected chi connectivity index (χ3v) is 3.72. The van der Waals surface area contributed by atoms with Crippen molar-refractivity contribution >= 4 is 0 Å². The third kappa shape index (κ3) is 5.25. The van der Waals surface area contributed by atoms with Gasteiger partial charge in [0.05, 0.1) is 38.6 Å². The van der Waals surface area contributed by atoms with Gasteiger partial charge in [-0.15, -0.1) is 0 Å². The molecule has 0 amide bonds. The fraction of sp³-hybridized carbons (Fsp3) is 0.647. The molecule has 0 radical (unpaired) electrons. The van der Waals surface area contributed by atoms with Crippen LogP contribution in [0.5, 0.6) is 5.75 Å². The number of morpholine rings is 1. The van der Waals surface area contributed by atoms with Gasteiger partial charge >= 0.3 is 0 Å². The van der Waals surface area contributed by atoms with Gasteiger partial charge in [-0.1, -0.05) is 18.2 Å². The minimum Gasteiger partial charge on any atom is -0.496 e. The molecule has 0 saturated carbocycles. The van der Waals surface area contributed by atoms with E-state index in [9.17, 15) is 5.11 Å². The molecule has 1 aliphatic heterocycles. The summed E-state index contributed by atoms with van der Waals surface area (Å²) in [6.07, 6.45) is -0.0666. The van der Waals surface area contributed by atoms with E-state index in [0.717, 1.165) is 24.4 Å². The Bertz CT molecular complexity index is 444. The molecule has 0 spiro atoms. The van der Waals surface area contributed by atoms with Gasteiger partial charge in [-0.25, -0.2) is 0 Å². The van der Waals surface area contributed by atoms with Gasteiger partial charge < -0.3 is 19.3 Å². The summed E-state index contributed by atoms with van der Waals surface area (Å²) in [5, 5.41) is 10.1. The Morgan fingerprint density at radius 2 is 1.95 bits per heavy atom. The van der Waals surface area contributed by atoms with E-state index < -0.39 is 6.10 Å².